The fraction of sp³-hybridized carbons (Fsp3) is 0.450. The molecule has 0 aromatic carbocycles. The molecule has 18 atom stereocenters. The van der Waals surface area contributed by atoms with Gasteiger partial charge < -0.3 is 172 Å². The summed E-state index contributed by atoms with van der Waals surface area (Å²) in [5.41, 5.74) is 19.2. The van der Waals surface area contributed by atoms with Gasteiger partial charge in [-0.15, -0.1) is 0 Å². The van der Waals surface area contributed by atoms with Gasteiger partial charge in [-0.3, -0.25) is 66.5 Å². The number of H-pyrrole nitrogens is 4. The van der Waals surface area contributed by atoms with Crippen molar-refractivity contribution in [1.82, 2.24) is 59.0 Å². The maximum atomic E-state index is 12.4. The van der Waals surface area contributed by atoms with Crippen LogP contribution in [0.3, 0.4) is 0 Å². The Morgan fingerprint density at radius 1 is 0.490 bits per heavy atom. The number of hydrogen-bond acceptors (Lipinski definition) is 45. The Kier molecular flexibility index (Phi) is 21.4. The average Bonchev–Trinajstić information content (AvgIpc) is 1.30. The molecule has 0 saturated carbocycles. The van der Waals surface area contributed by atoms with Crippen molar-refractivity contribution in [2.45, 2.75) is 85.8 Å². The average molecular weight is 1590 g/mol. The van der Waals surface area contributed by atoms with Crippen LogP contribution >= 0.6 is 31.3 Å². The standard InChI is InChI=1S/2C20H26N10O13P2S2.Mo.O/c2*21-19-26-13-7(15(33)28-19)24-6-12(47)11(46)5(41-17(6)25-13)2-40-45(37,38)43-44(35,36)39-1-4-9(31)10(32)18(42-4)30-3-23-8-14(30)27-20(22)29-16(8)34;;/h2*3-6,9-10,17-18,24,31-32,46-47H,1-2H2,(H,35,36)(H,37,38)(H3,22,27,29,34)(H4,21,25,26,28,33);;/q;;+4;/p-8/t2*4-,5?,6?,9-,10-,17?,18-;;/m11../s1. The number of aromatic amines is 4. The molecule has 6 aromatic rings. The van der Waals surface area contributed by atoms with Gasteiger partial charge in [0, 0.05) is 0 Å². The second-order valence-corrected chi connectivity index (χ2v) is 27.9. The third-order valence-corrected chi connectivity index (χ3v) is 21.2. The van der Waals surface area contributed by atoms with Gasteiger partial charge in [0.1, 0.15) is 48.0 Å². The fourth-order valence-corrected chi connectivity index (χ4v) is 14.9. The Morgan fingerprint density at radius 2 is 0.812 bits per heavy atom. The number of hydrogen-bond donors (Lipinski definition) is 16. The van der Waals surface area contributed by atoms with Crippen molar-refractivity contribution in [3.8, 4) is 0 Å². The summed E-state index contributed by atoms with van der Waals surface area (Å²) in [6, 6.07) is -1.68. The number of rotatable bonds is 18. The van der Waals surface area contributed by atoms with Crippen LogP contribution in [0.5, 0.6) is 0 Å². The van der Waals surface area contributed by atoms with Crippen LogP contribution in [0, 0.1) is 0 Å². The minimum absolute atomic E-state index is 0.0159. The van der Waals surface area contributed by atoms with Crippen molar-refractivity contribution in [2.75, 3.05) is 70.6 Å². The predicted molar refractivity (Wildman–Crippen MR) is 316 cm³/mol. The van der Waals surface area contributed by atoms with Gasteiger partial charge in [0.25, 0.3) is 53.5 Å². The molecule has 0 radical (unpaired) electrons. The summed E-state index contributed by atoms with van der Waals surface area (Å²) < 4.78 is 109. The van der Waals surface area contributed by atoms with Crippen LogP contribution in [0.1, 0.15) is 12.5 Å². The molecule has 96 heavy (non-hydrogen) atoms. The van der Waals surface area contributed by atoms with Crippen molar-refractivity contribution in [1.29, 1.82) is 0 Å². The molecule has 0 amide bonds. The first-order chi connectivity index (χ1) is 45.1. The van der Waals surface area contributed by atoms with Gasteiger partial charge in [0.2, 0.25) is 23.8 Å². The molecule has 0 aliphatic carbocycles. The van der Waals surface area contributed by atoms with E-state index < -0.39 is 166 Å². The number of phosphoric ester groups is 4. The molecule has 6 aliphatic rings. The van der Waals surface area contributed by atoms with Crippen LogP contribution in [0.25, 0.3) is 22.3 Å². The van der Waals surface area contributed by atoms with Gasteiger partial charge in [-0.2, -0.15) is 39.6 Å². The van der Waals surface area contributed by atoms with E-state index in [0.717, 1.165) is 21.8 Å². The molecule has 2 fully saturated rings. The molecule has 6 aromatic heterocycles. The summed E-state index contributed by atoms with van der Waals surface area (Å²) in [6.07, 6.45) is -15.4. The van der Waals surface area contributed by atoms with Gasteiger partial charge >= 0.3 is 23.2 Å². The zero-order valence-corrected chi connectivity index (χ0v) is 55.8. The van der Waals surface area contributed by atoms with Crippen molar-refractivity contribution >= 4 is 151 Å². The number of aromatic nitrogens is 12. The zero-order valence-electron chi connectivity index (χ0n) is 47.0. The van der Waals surface area contributed by atoms with Crippen LogP contribution in [0.2, 0.25) is 0 Å². The molecule has 47 nitrogen and oxygen atoms in total. The molecule has 0 bridgehead atoms. The predicted octanol–water partition coefficient (Wildman–Crippen LogP) is -8.30. The van der Waals surface area contributed by atoms with Gasteiger partial charge in [0.05, 0.1) is 63.4 Å². The van der Waals surface area contributed by atoms with E-state index in [4.69, 9.17) is 95.8 Å². The monoisotopic (exact) mass is 1590 g/mol. The normalized spacial score (nSPS) is 29.2. The summed E-state index contributed by atoms with van der Waals surface area (Å²) >= 11 is 22.0. The summed E-state index contributed by atoms with van der Waals surface area (Å²) in [6.45, 7) is -3.79. The van der Waals surface area contributed by atoms with Gasteiger partial charge in [0.15, 0.2) is 58.9 Å². The quantitative estimate of drug-likeness (QED) is 0.0216. The van der Waals surface area contributed by atoms with Crippen molar-refractivity contribution in [3.63, 3.8) is 0 Å². The molecular formula is C40H44MoN20O27P4S4-4. The molecule has 12 heterocycles. The van der Waals surface area contributed by atoms with E-state index in [9.17, 15) is 77.4 Å². The first-order valence-electron chi connectivity index (χ1n) is 26.3. The van der Waals surface area contributed by atoms with Crippen LogP contribution < -0.4 is 86.0 Å². The van der Waals surface area contributed by atoms with Crippen molar-refractivity contribution < 1.29 is 127 Å². The van der Waals surface area contributed by atoms with Gasteiger partial charge in [-0.25, -0.2) is 18.6 Å². The number of imidazole rings is 2. The summed E-state index contributed by atoms with van der Waals surface area (Å²) in [7, 11) is -22.7. The van der Waals surface area contributed by atoms with Gasteiger partial charge in [-0.05, 0) is 0 Å². The number of aliphatic hydroxyl groups is 4. The molecule has 0 spiro atoms. The first kappa shape index (κ1) is 72.6. The number of aliphatic hydroxyl groups excluding tert-OH is 4. The molecule has 6 aliphatic heterocycles. The second-order valence-electron chi connectivity index (χ2n) is 20.2. The maximum absolute atomic E-state index is 12.4. The third-order valence-electron chi connectivity index (χ3n) is 14.0. The molecule has 56 heteroatoms. The van der Waals surface area contributed by atoms with E-state index in [2.05, 4.69) is 97.8 Å². The number of ether oxygens (including phenoxy) is 4. The van der Waals surface area contributed by atoms with E-state index in [1.54, 1.807) is 0 Å². The van der Waals surface area contributed by atoms with Crippen LogP contribution in [-0.4, -0.2) is 179 Å². The molecule has 20 N–H and O–H groups in total. The van der Waals surface area contributed by atoms with Crippen LogP contribution in [-0.2, 0) is 138 Å². The third kappa shape index (κ3) is 15.4. The molecular weight excluding hydrogens is 1540 g/mol. The molecule has 10 unspecified atom stereocenters. The first-order valence-corrected chi connectivity index (χ1v) is 34.6. The van der Waals surface area contributed by atoms with E-state index in [1.165, 1.54) is 0 Å². The SMILES string of the molecule is Nc1nc2c(c(=O)[nH]1)NC1C([S-])=C([S-])C(COP(=O)([O-])OP(=O)([O-])OC[C@H]3O[C@@H](n4cnc5c(=O)[nH]c(N)nc54)[C@H](O)[C@@H]3O)OC1N2.Nc1nc2c(c(=O)[nH]1)NC1C([S-])=C([S-])C(COP(=O)([O-])OP(=O)([O-])OC[C@H]3O[C@@H](n4cnc5c(=O)[nH]c(N)nc54)[C@H](O)[C@@H]3O)OC1N2.[O]=[Mo+4]. The molecule has 12 rings (SSSR count). The topological polar surface area (TPSA) is 722 Å². The van der Waals surface area contributed by atoms with E-state index in [1.807, 2.05) is 0 Å². The fourth-order valence-electron chi connectivity index (χ4n) is 9.76. The summed E-state index contributed by atoms with van der Waals surface area (Å²) in [5.74, 6) is -0.888. The number of nitrogens with zero attached hydrogens (tertiary/aromatic N) is 8. The minimum atomic E-state index is -5.70. The summed E-state index contributed by atoms with van der Waals surface area (Å²) in [5, 5.41) is 53.2. The number of anilines is 8. The van der Waals surface area contributed by atoms with E-state index >= 15 is 0 Å². The number of nitrogens with one attached hydrogen (secondary N) is 8. The Hall–Kier alpha value is -6.09. The van der Waals surface area contributed by atoms with Crippen molar-refractivity contribution in [3.05, 3.63) is 73.7 Å². The van der Waals surface area contributed by atoms with E-state index in [0.29, 0.717) is 19.8 Å². The Balaban J connectivity index is 0.000000204. The van der Waals surface area contributed by atoms with Gasteiger partial charge in [-0.1, -0.05) is 0 Å². The second kappa shape index (κ2) is 28.3. The summed E-state index contributed by atoms with van der Waals surface area (Å²) in [4.78, 5) is 131. The molecule has 2 saturated heterocycles. The number of nitrogen functional groups attached to an aromatic ring is 4. The Bertz CT molecular complexity index is 4260. The Morgan fingerprint density at radius 3 is 1.17 bits per heavy atom. The van der Waals surface area contributed by atoms with Crippen LogP contribution in [0.4, 0.5) is 46.8 Å². The van der Waals surface area contributed by atoms with Crippen molar-refractivity contribution in [2.24, 2.45) is 0 Å². The Labute approximate surface area is 564 Å². The van der Waals surface area contributed by atoms with Crippen LogP contribution in [0.15, 0.2) is 51.5 Å². The zero-order chi connectivity index (χ0) is 70.0. The number of phosphoric acid groups is 4. The molecule has 520 valence electrons. The van der Waals surface area contributed by atoms with E-state index in [-0.39, 0.29) is 88.8 Å². The number of nitrogens with two attached hydrogens (primary N) is 4. The number of fused-ring (bicyclic) bond motifs is 6.